The van der Waals surface area contributed by atoms with E-state index in [-0.39, 0.29) is 29.4 Å². The molecule has 8 nitrogen and oxygen atoms in total. The van der Waals surface area contributed by atoms with Crippen molar-refractivity contribution in [3.8, 4) is 11.5 Å². The fourth-order valence-corrected chi connectivity index (χ4v) is 5.87. The SMILES string of the molecule is COc1cc([C@@H]2C(C(=O)OCC(C)C)=C(C)N=c3s/c(=C\c4cccc5ccccc45)c(=O)n32)ccc1OC(C)=O. The van der Waals surface area contributed by atoms with Gasteiger partial charge in [-0.2, -0.15) is 0 Å². The van der Waals surface area contributed by atoms with Crippen molar-refractivity contribution in [3.05, 3.63) is 103 Å². The number of hydrogen-bond donors (Lipinski definition) is 0. The summed E-state index contributed by atoms with van der Waals surface area (Å²) in [6.07, 6.45) is 1.86. The zero-order valence-corrected chi connectivity index (χ0v) is 24.3. The summed E-state index contributed by atoms with van der Waals surface area (Å²) in [7, 11) is 1.46. The highest BCUT2D eigenvalue weighted by molar-refractivity contribution is 7.07. The number of methoxy groups -OCH3 is 1. The molecule has 210 valence electrons. The summed E-state index contributed by atoms with van der Waals surface area (Å²) in [5.41, 5.74) is 1.93. The van der Waals surface area contributed by atoms with E-state index in [1.54, 1.807) is 25.1 Å². The van der Waals surface area contributed by atoms with E-state index in [0.717, 1.165) is 16.3 Å². The topological polar surface area (TPSA) is 96.2 Å². The van der Waals surface area contributed by atoms with Crippen molar-refractivity contribution in [3.63, 3.8) is 0 Å². The van der Waals surface area contributed by atoms with Gasteiger partial charge in [-0.15, -0.1) is 0 Å². The van der Waals surface area contributed by atoms with E-state index >= 15 is 0 Å². The van der Waals surface area contributed by atoms with Gasteiger partial charge in [-0.1, -0.05) is 73.7 Å². The minimum absolute atomic E-state index is 0.128. The lowest BCUT2D eigenvalue weighted by atomic mass is 9.95. The molecule has 0 bridgehead atoms. The maximum atomic E-state index is 14.1. The molecule has 0 radical (unpaired) electrons. The summed E-state index contributed by atoms with van der Waals surface area (Å²) in [6.45, 7) is 7.17. The normalized spacial score (nSPS) is 15.1. The zero-order chi connectivity index (χ0) is 29.3. The minimum Gasteiger partial charge on any atom is -0.493 e. The quantitative estimate of drug-likeness (QED) is 0.240. The molecule has 0 N–H and O–H groups in total. The van der Waals surface area contributed by atoms with Gasteiger partial charge < -0.3 is 14.2 Å². The minimum atomic E-state index is -0.833. The molecule has 1 aromatic heterocycles. The molecule has 0 fully saturated rings. The molecule has 0 aliphatic carbocycles. The number of ether oxygens (including phenoxy) is 3. The first-order valence-corrected chi connectivity index (χ1v) is 14.0. The Kier molecular flexibility index (Phi) is 7.90. The van der Waals surface area contributed by atoms with Gasteiger partial charge in [-0.25, -0.2) is 9.79 Å². The third-order valence-corrected chi connectivity index (χ3v) is 7.64. The molecule has 9 heteroatoms. The molecule has 4 aromatic rings. The van der Waals surface area contributed by atoms with Crippen molar-refractivity contribution in [1.29, 1.82) is 0 Å². The lowest BCUT2D eigenvalue weighted by molar-refractivity contribution is -0.140. The molecule has 2 heterocycles. The molecule has 0 saturated heterocycles. The highest BCUT2D eigenvalue weighted by Crippen LogP contribution is 2.36. The Morgan fingerprint density at radius 3 is 2.56 bits per heavy atom. The van der Waals surface area contributed by atoms with E-state index in [1.807, 2.05) is 62.4 Å². The van der Waals surface area contributed by atoms with Gasteiger partial charge in [0.05, 0.1) is 35.6 Å². The van der Waals surface area contributed by atoms with Crippen molar-refractivity contribution in [1.82, 2.24) is 4.57 Å². The van der Waals surface area contributed by atoms with Crippen LogP contribution < -0.4 is 24.4 Å². The third kappa shape index (κ3) is 5.58. The number of thiazole rings is 1. The van der Waals surface area contributed by atoms with Crippen LogP contribution in [0.1, 0.15) is 44.9 Å². The van der Waals surface area contributed by atoms with E-state index in [2.05, 4.69) is 4.99 Å². The Morgan fingerprint density at radius 1 is 1.07 bits per heavy atom. The van der Waals surface area contributed by atoms with E-state index in [0.29, 0.717) is 26.3 Å². The van der Waals surface area contributed by atoms with Crippen LogP contribution in [0, 0.1) is 5.92 Å². The van der Waals surface area contributed by atoms with Crippen LogP contribution in [0.15, 0.2) is 81.7 Å². The fraction of sp³-hybridized carbons (Fsp3) is 0.250. The average Bonchev–Trinajstić information content (AvgIpc) is 3.25. The van der Waals surface area contributed by atoms with Gasteiger partial charge in [0.25, 0.3) is 5.56 Å². The van der Waals surface area contributed by atoms with Crippen LogP contribution in [-0.2, 0) is 14.3 Å². The molecule has 1 aliphatic rings. The molecule has 41 heavy (non-hydrogen) atoms. The third-order valence-electron chi connectivity index (χ3n) is 6.66. The molecule has 0 unspecified atom stereocenters. The van der Waals surface area contributed by atoms with Gasteiger partial charge in [0, 0.05) is 6.92 Å². The van der Waals surface area contributed by atoms with Gasteiger partial charge in [0.15, 0.2) is 16.3 Å². The molecule has 1 aliphatic heterocycles. The maximum absolute atomic E-state index is 14.1. The molecular formula is C32H30N2O6S. The molecule has 0 spiro atoms. The number of rotatable bonds is 7. The number of hydrogen-bond acceptors (Lipinski definition) is 8. The Bertz CT molecular complexity index is 1880. The summed E-state index contributed by atoms with van der Waals surface area (Å²) in [5, 5.41) is 2.09. The summed E-state index contributed by atoms with van der Waals surface area (Å²) in [4.78, 5) is 44.3. The molecular weight excluding hydrogens is 540 g/mol. The lowest BCUT2D eigenvalue weighted by Gasteiger charge is -2.25. The Morgan fingerprint density at radius 2 is 1.83 bits per heavy atom. The van der Waals surface area contributed by atoms with Gasteiger partial charge >= 0.3 is 11.9 Å². The van der Waals surface area contributed by atoms with Crippen LogP contribution >= 0.6 is 11.3 Å². The van der Waals surface area contributed by atoms with Crippen molar-refractivity contribution in [2.45, 2.75) is 33.7 Å². The number of benzene rings is 3. The summed E-state index contributed by atoms with van der Waals surface area (Å²) in [5.74, 6) is -0.386. The number of allylic oxidation sites excluding steroid dienone is 1. The highest BCUT2D eigenvalue weighted by atomic mass is 32.1. The second kappa shape index (κ2) is 11.5. The predicted octanol–water partition coefficient (Wildman–Crippen LogP) is 4.52. The van der Waals surface area contributed by atoms with Crippen LogP contribution in [0.2, 0.25) is 0 Å². The first kappa shape index (κ1) is 28.0. The van der Waals surface area contributed by atoms with E-state index in [4.69, 9.17) is 14.2 Å². The molecule has 0 amide bonds. The first-order chi connectivity index (χ1) is 19.7. The standard InChI is InChI=1S/C32H30N2O6S/c1-18(2)17-39-31(37)28-19(3)33-32-34(29(28)23-13-14-25(40-20(4)35)26(15-23)38-5)30(36)27(41-32)16-22-11-8-10-21-9-6-7-12-24(21)22/h6-16,18,29H,17H2,1-5H3/b27-16-/t29-/m1/s1. The summed E-state index contributed by atoms with van der Waals surface area (Å²) in [6, 6.07) is 18.1. The van der Waals surface area contributed by atoms with Gasteiger partial charge in [-0.05, 0) is 52.9 Å². The number of aromatic nitrogens is 1. The van der Waals surface area contributed by atoms with Crippen molar-refractivity contribution in [2.75, 3.05) is 13.7 Å². The second-order valence-electron chi connectivity index (χ2n) is 10.1. The number of fused-ring (bicyclic) bond motifs is 2. The van der Waals surface area contributed by atoms with Crippen molar-refractivity contribution < 1.29 is 23.8 Å². The highest BCUT2D eigenvalue weighted by Gasteiger charge is 2.34. The Balaban J connectivity index is 1.72. The van der Waals surface area contributed by atoms with E-state index in [1.165, 1.54) is 29.9 Å². The van der Waals surface area contributed by atoms with Crippen LogP contribution in [-0.4, -0.2) is 30.2 Å². The second-order valence-corrected chi connectivity index (χ2v) is 11.2. The van der Waals surface area contributed by atoms with Crippen LogP contribution in [0.4, 0.5) is 0 Å². The van der Waals surface area contributed by atoms with E-state index < -0.39 is 18.0 Å². The number of nitrogens with zero attached hydrogens (tertiary/aromatic N) is 2. The van der Waals surface area contributed by atoms with Crippen LogP contribution in [0.5, 0.6) is 11.5 Å². The number of carbonyl (C=O) groups excluding carboxylic acids is 2. The monoisotopic (exact) mass is 570 g/mol. The van der Waals surface area contributed by atoms with Crippen LogP contribution in [0.3, 0.4) is 0 Å². The molecule has 1 atom stereocenters. The smallest absolute Gasteiger partial charge is 0.338 e. The van der Waals surface area contributed by atoms with Crippen LogP contribution in [0.25, 0.3) is 16.8 Å². The summed E-state index contributed by atoms with van der Waals surface area (Å²) < 4.78 is 18.4. The van der Waals surface area contributed by atoms with Crippen molar-refractivity contribution in [2.24, 2.45) is 10.9 Å². The fourth-order valence-electron chi connectivity index (χ4n) is 4.83. The van der Waals surface area contributed by atoms with Gasteiger partial charge in [-0.3, -0.25) is 14.2 Å². The molecule has 5 rings (SSSR count). The lowest BCUT2D eigenvalue weighted by Crippen LogP contribution is -2.40. The first-order valence-electron chi connectivity index (χ1n) is 13.2. The number of carbonyl (C=O) groups is 2. The predicted molar refractivity (Wildman–Crippen MR) is 158 cm³/mol. The zero-order valence-electron chi connectivity index (χ0n) is 23.5. The van der Waals surface area contributed by atoms with Crippen molar-refractivity contribution >= 4 is 40.1 Å². The average molecular weight is 571 g/mol. The molecule has 3 aromatic carbocycles. The number of esters is 2. The molecule has 0 saturated carbocycles. The maximum Gasteiger partial charge on any atom is 0.338 e. The Labute approximate surface area is 240 Å². The van der Waals surface area contributed by atoms with E-state index in [9.17, 15) is 14.4 Å². The Hall–Kier alpha value is -4.50. The van der Waals surface area contributed by atoms with Gasteiger partial charge in [0.2, 0.25) is 0 Å². The largest absolute Gasteiger partial charge is 0.493 e. The van der Waals surface area contributed by atoms with Gasteiger partial charge in [0.1, 0.15) is 0 Å². The summed E-state index contributed by atoms with van der Waals surface area (Å²) >= 11 is 1.26.